The molecule has 1 saturated heterocycles. The highest BCUT2D eigenvalue weighted by molar-refractivity contribution is 7.91. The molecule has 112 valence electrons. The number of para-hydroxylation sites is 1. The highest BCUT2D eigenvalue weighted by Gasteiger charge is 2.39. The summed E-state index contributed by atoms with van der Waals surface area (Å²) in [4.78, 5) is 12.5. The van der Waals surface area contributed by atoms with E-state index in [9.17, 15) is 13.2 Å². The number of nitrogens with one attached hydrogen (secondary N) is 1. The van der Waals surface area contributed by atoms with Crippen molar-refractivity contribution in [3.8, 4) is 0 Å². The molecule has 0 radical (unpaired) electrons. The van der Waals surface area contributed by atoms with Crippen molar-refractivity contribution < 1.29 is 13.2 Å². The van der Waals surface area contributed by atoms with Gasteiger partial charge in [0.25, 0.3) is 5.91 Å². The Balaban J connectivity index is 1.92. The molecule has 2 aromatic rings. The topological polar surface area (TPSA) is 68.2 Å². The summed E-state index contributed by atoms with van der Waals surface area (Å²) in [5, 5.41) is 3.78. The highest BCUT2D eigenvalue weighted by atomic mass is 32.2. The lowest BCUT2D eigenvalue weighted by Gasteiger charge is -2.23. The second-order valence-electron chi connectivity index (χ2n) is 6.03. The molecule has 0 aliphatic carbocycles. The summed E-state index contributed by atoms with van der Waals surface area (Å²) in [6.45, 7) is 1.79. The SMILES string of the molecule is Cn1cc(C(=O)N[C@]2(C)CCS(=O)(=O)C2)c2ccccc21. The minimum atomic E-state index is -3.04. The monoisotopic (exact) mass is 306 g/mol. The smallest absolute Gasteiger partial charge is 0.253 e. The molecule has 1 fully saturated rings. The predicted molar refractivity (Wildman–Crippen MR) is 82.1 cm³/mol. The Labute approximate surface area is 123 Å². The fourth-order valence-corrected chi connectivity index (χ4v) is 5.07. The Kier molecular flexibility index (Phi) is 3.09. The normalized spacial score (nSPS) is 24.3. The first-order valence-corrected chi connectivity index (χ1v) is 8.69. The van der Waals surface area contributed by atoms with Crippen molar-refractivity contribution in [1.29, 1.82) is 0 Å². The third kappa shape index (κ3) is 2.55. The van der Waals surface area contributed by atoms with Crippen molar-refractivity contribution >= 4 is 26.6 Å². The first-order valence-electron chi connectivity index (χ1n) is 6.87. The van der Waals surface area contributed by atoms with Crippen LogP contribution in [0.2, 0.25) is 0 Å². The molecule has 5 nitrogen and oxygen atoms in total. The number of nitrogens with zero attached hydrogens (tertiary/aromatic N) is 1. The molecule has 0 bridgehead atoms. The van der Waals surface area contributed by atoms with Crippen LogP contribution in [0.4, 0.5) is 0 Å². The molecule has 1 N–H and O–H groups in total. The van der Waals surface area contributed by atoms with Gasteiger partial charge >= 0.3 is 0 Å². The zero-order valence-electron chi connectivity index (χ0n) is 12.1. The summed E-state index contributed by atoms with van der Waals surface area (Å²) in [6.07, 6.45) is 2.25. The van der Waals surface area contributed by atoms with Crippen molar-refractivity contribution in [3.63, 3.8) is 0 Å². The molecular formula is C15H18N2O3S. The van der Waals surface area contributed by atoms with Gasteiger partial charge in [0.1, 0.15) is 0 Å². The quantitative estimate of drug-likeness (QED) is 0.914. The van der Waals surface area contributed by atoms with Crippen LogP contribution in [-0.2, 0) is 16.9 Å². The number of fused-ring (bicyclic) bond motifs is 1. The lowest BCUT2D eigenvalue weighted by Crippen LogP contribution is -2.46. The van der Waals surface area contributed by atoms with Gasteiger partial charge in [-0.05, 0) is 19.4 Å². The molecule has 0 saturated carbocycles. The molecule has 1 aromatic carbocycles. The van der Waals surface area contributed by atoms with Crippen LogP contribution in [-0.4, -0.2) is 35.9 Å². The number of rotatable bonds is 2. The largest absolute Gasteiger partial charge is 0.350 e. The van der Waals surface area contributed by atoms with Crippen LogP contribution in [0, 0.1) is 0 Å². The number of sulfone groups is 1. The molecule has 0 unspecified atom stereocenters. The van der Waals surface area contributed by atoms with Crippen LogP contribution in [0.1, 0.15) is 23.7 Å². The van der Waals surface area contributed by atoms with E-state index in [1.165, 1.54) is 0 Å². The molecule has 1 atom stereocenters. The molecule has 2 heterocycles. The molecule has 1 aliphatic heterocycles. The van der Waals surface area contributed by atoms with E-state index in [-0.39, 0.29) is 17.4 Å². The van der Waals surface area contributed by atoms with Crippen LogP contribution in [0.3, 0.4) is 0 Å². The van der Waals surface area contributed by atoms with Gasteiger partial charge in [0.15, 0.2) is 9.84 Å². The van der Waals surface area contributed by atoms with Crippen molar-refractivity contribution in [2.75, 3.05) is 11.5 Å². The van der Waals surface area contributed by atoms with Crippen LogP contribution < -0.4 is 5.32 Å². The van der Waals surface area contributed by atoms with Gasteiger partial charge in [-0.3, -0.25) is 4.79 Å². The number of hydrogen-bond donors (Lipinski definition) is 1. The summed E-state index contributed by atoms with van der Waals surface area (Å²) in [6, 6.07) is 7.67. The van der Waals surface area contributed by atoms with E-state index in [1.807, 2.05) is 35.9 Å². The summed E-state index contributed by atoms with van der Waals surface area (Å²) < 4.78 is 25.2. The van der Waals surface area contributed by atoms with Crippen LogP contribution >= 0.6 is 0 Å². The second kappa shape index (κ2) is 4.59. The van der Waals surface area contributed by atoms with Crippen LogP contribution in [0.15, 0.2) is 30.5 Å². The number of amides is 1. The van der Waals surface area contributed by atoms with E-state index < -0.39 is 15.4 Å². The van der Waals surface area contributed by atoms with E-state index in [0.717, 1.165) is 10.9 Å². The molecule has 6 heteroatoms. The summed E-state index contributed by atoms with van der Waals surface area (Å²) in [7, 11) is -1.15. The van der Waals surface area contributed by atoms with Gasteiger partial charge in [-0.1, -0.05) is 18.2 Å². The van der Waals surface area contributed by atoms with E-state index in [2.05, 4.69) is 5.32 Å². The average molecular weight is 306 g/mol. The molecule has 1 aromatic heterocycles. The first kappa shape index (κ1) is 14.1. The van der Waals surface area contributed by atoms with E-state index >= 15 is 0 Å². The third-order valence-electron chi connectivity index (χ3n) is 4.06. The van der Waals surface area contributed by atoms with Gasteiger partial charge in [-0.15, -0.1) is 0 Å². The van der Waals surface area contributed by atoms with E-state index in [0.29, 0.717) is 12.0 Å². The Morgan fingerprint density at radius 2 is 2.05 bits per heavy atom. The summed E-state index contributed by atoms with van der Waals surface area (Å²) in [5.41, 5.74) is 0.887. The standard InChI is InChI=1S/C15H18N2O3S/c1-15(7-8-21(19,20)10-15)16-14(18)12-9-17(2)13-6-4-3-5-11(12)13/h3-6,9H,7-8,10H2,1-2H3,(H,16,18)/t15-/m1/s1. The zero-order chi connectivity index (χ0) is 15.3. The fourth-order valence-electron chi connectivity index (χ4n) is 2.97. The van der Waals surface area contributed by atoms with E-state index in [1.54, 1.807) is 13.1 Å². The molecule has 0 spiro atoms. The van der Waals surface area contributed by atoms with Crippen molar-refractivity contribution in [3.05, 3.63) is 36.0 Å². The Hall–Kier alpha value is -1.82. The second-order valence-corrected chi connectivity index (χ2v) is 8.21. The summed E-state index contributed by atoms with van der Waals surface area (Å²) >= 11 is 0. The van der Waals surface area contributed by atoms with Gasteiger partial charge in [-0.25, -0.2) is 8.42 Å². The number of hydrogen-bond acceptors (Lipinski definition) is 3. The van der Waals surface area contributed by atoms with Gasteiger partial charge in [-0.2, -0.15) is 0 Å². The Bertz CT molecular complexity index is 823. The van der Waals surface area contributed by atoms with Crippen molar-refractivity contribution in [1.82, 2.24) is 9.88 Å². The highest BCUT2D eigenvalue weighted by Crippen LogP contribution is 2.25. The first-order chi connectivity index (χ1) is 9.80. The third-order valence-corrected chi connectivity index (χ3v) is 5.96. The van der Waals surface area contributed by atoms with Gasteiger partial charge in [0.05, 0.1) is 22.6 Å². The number of carbonyl (C=O) groups excluding carboxylic acids is 1. The lowest BCUT2D eigenvalue weighted by atomic mass is 10.0. The minimum Gasteiger partial charge on any atom is -0.350 e. The molecule has 3 rings (SSSR count). The average Bonchev–Trinajstić information content (AvgIpc) is 2.88. The molecule has 1 amide bonds. The van der Waals surface area contributed by atoms with Gasteiger partial charge in [0, 0.05) is 24.1 Å². The van der Waals surface area contributed by atoms with Crippen molar-refractivity contribution in [2.24, 2.45) is 7.05 Å². The molecule has 21 heavy (non-hydrogen) atoms. The van der Waals surface area contributed by atoms with E-state index in [4.69, 9.17) is 0 Å². The van der Waals surface area contributed by atoms with Gasteiger partial charge < -0.3 is 9.88 Å². The number of benzene rings is 1. The molecule has 1 aliphatic rings. The van der Waals surface area contributed by atoms with Crippen LogP contribution in [0.25, 0.3) is 10.9 Å². The maximum Gasteiger partial charge on any atom is 0.253 e. The number of aromatic nitrogens is 1. The number of aryl methyl sites for hydroxylation is 1. The maximum absolute atomic E-state index is 12.5. The Morgan fingerprint density at radius 3 is 2.71 bits per heavy atom. The fraction of sp³-hybridized carbons (Fsp3) is 0.400. The zero-order valence-corrected chi connectivity index (χ0v) is 12.9. The maximum atomic E-state index is 12.5. The predicted octanol–water partition coefficient (Wildman–Crippen LogP) is 1.49. The summed E-state index contributed by atoms with van der Waals surface area (Å²) in [5.74, 6) is -0.0677. The molecular weight excluding hydrogens is 288 g/mol. The Morgan fingerprint density at radius 1 is 1.33 bits per heavy atom. The minimum absolute atomic E-state index is 0.0104. The lowest BCUT2D eigenvalue weighted by molar-refractivity contribution is 0.0917. The van der Waals surface area contributed by atoms with Crippen LogP contribution in [0.5, 0.6) is 0 Å². The number of carbonyl (C=O) groups is 1. The van der Waals surface area contributed by atoms with Crippen molar-refractivity contribution in [2.45, 2.75) is 18.9 Å². The van der Waals surface area contributed by atoms with Gasteiger partial charge in [0.2, 0.25) is 0 Å².